The largest absolute Gasteiger partial charge is 0.396 e. The van der Waals surface area contributed by atoms with E-state index < -0.39 is 0 Å². The molecule has 62 valence electrons. The summed E-state index contributed by atoms with van der Waals surface area (Å²) in [6, 6.07) is 0. The quantitative estimate of drug-likeness (QED) is 0.621. The third kappa shape index (κ3) is 2.37. The lowest BCUT2D eigenvalue weighted by Gasteiger charge is -2.07. The molecule has 0 aromatic heterocycles. The van der Waals surface area contributed by atoms with Crippen molar-refractivity contribution in [3.05, 3.63) is 12.3 Å². The molecule has 0 saturated heterocycles. The maximum Gasteiger partial charge on any atom is 0.180 e. The first-order valence-electron chi connectivity index (χ1n) is 4.10. The Hall–Kier alpha value is -0.790. The Morgan fingerprint density at radius 1 is 1.73 bits per heavy atom. The van der Waals surface area contributed by atoms with Crippen LogP contribution in [0.4, 0.5) is 0 Å². The first-order valence-corrected chi connectivity index (χ1v) is 4.10. The molecule has 2 N–H and O–H groups in total. The van der Waals surface area contributed by atoms with Crippen molar-refractivity contribution in [2.75, 3.05) is 0 Å². The molecule has 1 atom stereocenters. The molecule has 0 aromatic rings. The molecule has 1 fully saturated rings. The molecule has 1 rings (SSSR count). The summed E-state index contributed by atoms with van der Waals surface area (Å²) in [4.78, 5) is 11.2. The lowest BCUT2D eigenvalue weighted by molar-refractivity contribution is -0.119. The monoisotopic (exact) mass is 153 g/mol. The van der Waals surface area contributed by atoms with Crippen molar-refractivity contribution in [3.8, 4) is 0 Å². The zero-order chi connectivity index (χ0) is 8.43. The normalized spacial score (nSPS) is 19.4. The number of Topliss-reactive ketones (excluding diaryl/α,β-unsaturated/α-hetero) is 1. The zero-order valence-electron chi connectivity index (χ0n) is 6.97. The smallest absolute Gasteiger partial charge is 0.180 e. The van der Waals surface area contributed by atoms with Crippen LogP contribution >= 0.6 is 0 Å². The topological polar surface area (TPSA) is 43.1 Å². The standard InChI is InChI=1S/C9H15NO/c1-6(5-8-3-4-8)9(11)7(2)10/h6,8H,2-5,10H2,1H3. The van der Waals surface area contributed by atoms with Crippen molar-refractivity contribution in [1.82, 2.24) is 0 Å². The van der Waals surface area contributed by atoms with Crippen LogP contribution < -0.4 is 5.73 Å². The average Bonchev–Trinajstić information content (AvgIpc) is 2.69. The highest BCUT2D eigenvalue weighted by Gasteiger charge is 2.26. The summed E-state index contributed by atoms with van der Waals surface area (Å²) in [5.74, 6) is 0.894. The summed E-state index contributed by atoms with van der Waals surface area (Å²) in [6.45, 7) is 5.36. The van der Waals surface area contributed by atoms with Crippen molar-refractivity contribution >= 4 is 5.78 Å². The molecule has 0 bridgehead atoms. The van der Waals surface area contributed by atoms with Gasteiger partial charge in [0.15, 0.2) is 5.78 Å². The Bertz CT molecular complexity index is 182. The molecule has 0 aromatic carbocycles. The number of hydrogen-bond donors (Lipinski definition) is 1. The second kappa shape index (κ2) is 3.07. The van der Waals surface area contributed by atoms with Crippen molar-refractivity contribution in [2.45, 2.75) is 26.2 Å². The van der Waals surface area contributed by atoms with Crippen LogP contribution in [0.1, 0.15) is 26.2 Å². The fourth-order valence-electron chi connectivity index (χ4n) is 1.28. The molecule has 2 nitrogen and oxygen atoms in total. The van der Waals surface area contributed by atoms with E-state index in [1.54, 1.807) is 0 Å². The average molecular weight is 153 g/mol. The highest BCUT2D eigenvalue weighted by Crippen LogP contribution is 2.35. The molecule has 1 aliphatic rings. The van der Waals surface area contributed by atoms with E-state index in [0.29, 0.717) is 0 Å². The van der Waals surface area contributed by atoms with Gasteiger partial charge in [-0.15, -0.1) is 0 Å². The van der Waals surface area contributed by atoms with Gasteiger partial charge in [-0.05, 0) is 12.3 Å². The number of allylic oxidation sites excluding steroid dienone is 1. The summed E-state index contributed by atoms with van der Waals surface area (Å²) < 4.78 is 0. The van der Waals surface area contributed by atoms with Gasteiger partial charge in [-0.2, -0.15) is 0 Å². The molecule has 2 heteroatoms. The van der Waals surface area contributed by atoms with E-state index in [9.17, 15) is 4.79 Å². The Labute approximate surface area is 67.5 Å². The molecule has 0 aliphatic heterocycles. The zero-order valence-corrected chi connectivity index (χ0v) is 6.97. The van der Waals surface area contributed by atoms with Gasteiger partial charge >= 0.3 is 0 Å². The van der Waals surface area contributed by atoms with E-state index in [1.165, 1.54) is 12.8 Å². The van der Waals surface area contributed by atoms with E-state index in [1.807, 2.05) is 6.92 Å². The Morgan fingerprint density at radius 3 is 2.64 bits per heavy atom. The molecule has 1 unspecified atom stereocenters. The molecular formula is C9H15NO. The third-order valence-electron chi connectivity index (χ3n) is 2.15. The molecule has 1 aliphatic carbocycles. The number of hydrogen-bond acceptors (Lipinski definition) is 2. The van der Waals surface area contributed by atoms with Crippen LogP contribution in [0.3, 0.4) is 0 Å². The third-order valence-corrected chi connectivity index (χ3v) is 2.15. The van der Waals surface area contributed by atoms with Crippen LogP contribution in [-0.4, -0.2) is 5.78 Å². The molecule has 0 amide bonds. The molecular weight excluding hydrogens is 138 g/mol. The highest BCUT2D eigenvalue weighted by molar-refractivity contribution is 5.95. The predicted molar refractivity (Wildman–Crippen MR) is 44.8 cm³/mol. The van der Waals surface area contributed by atoms with Crippen LogP contribution in [0.5, 0.6) is 0 Å². The van der Waals surface area contributed by atoms with E-state index in [-0.39, 0.29) is 17.4 Å². The number of carbonyl (C=O) groups excluding carboxylic acids is 1. The minimum Gasteiger partial charge on any atom is -0.396 e. The lowest BCUT2D eigenvalue weighted by Crippen LogP contribution is -2.18. The number of carbonyl (C=O) groups is 1. The van der Waals surface area contributed by atoms with Crippen LogP contribution in [0.15, 0.2) is 12.3 Å². The number of nitrogens with two attached hydrogens (primary N) is 1. The van der Waals surface area contributed by atoms with Gasteiger partial charge in [0.25, 0.3) is 0 Å². The predicted octanol–water partition coefficient (Wildman–Crippen LogP) is 1.46. The Morgan fingerprint density at radius 2 is 2.27 bits per heavy atom. The van der Waals surface area contributed by atoms with Crippen molar-refractivity contribution in [1.29, 1.82) is 0 Å². The van der Waals surface area contributed by atoms with Gasteiger partial charge in [0.05, 0.1) is 5.70 Å². The Balaban J connectivity index is 2.32. The molecule has 11 heavy (non-hydrogen) atoms. The summed E-state index contributed by atoms with van der Waals surface area (Å²) >= 11 is 0. The van der Waals surface area contributed by atoms with E-state index in [2.05, 4.69) is 6.58 Å². The van der Waals surface area contributed by atoms with Crippen LogP contribution in [0.2, 0.25) is 0 Å². The maximum absolute atomic E-state index is 11.2. The van der Waals surface area contributed by atoms with E-state index in [0.717, 1.165) is 12.3 Å². The molecule has 0 spiro atoms. The first kappa shape index (κ1) is 8.31. The second-order valence-corrected chi connectivity index (χ2v) is 3.47. The van der Waals surface area contributed by atoms with Crippen molar-refractivity contribution in [3.63, 3.8) is 0 Å². The van der Waals surface area contributed by atoms with Crippen molar-refractivity contribution < 1.29 is 4.79 Å². The maximum atomic E-state index is 11.2. The minimum atomic E-state index is 0.0249. The minimum absolute atomic E-state index is 0.0249. The van der Waals surface area contributed by atoms with E-state index >= 15 is 0 Å². The fourth-order valence-corrected chi connectivity index (χ4v) is 1.28. The number of ketones is 1. The van der Waals surface area contributed by atoms with Crippen molar-refractivity contribution in [2.24, 2.45) is 17.6 Å². The van der Waals surface area contributed by atoms with Crippen LogP contribution in [0, 0.1) is 11.8 Å². The Kier molecular flexibility index (Phi) is 2.32. The van der Waals surface area contributed by atoms with Gasteiger partial charge in [0, 0.05) is 5.92 Å². The molecule has 1 saturated carbocycles. The second-order valence-electron chi connectivity index (χ2n) is 3.47. The van der Waals surface area contributed by atoms with Crippen LogP contribution in [-0.2, 0) is 4.79 Å². The number of rotatable bonds is 4. The van der Waals surface area contributed by atoms with Gasteiger partial charge in [-0.25, -0.2) is 0 Å². The fraction of sp³-hybridized carbons (Fsp3) is 0.667. The van der Waals surface area contributed by atoms with Gasteiger partial charge in [0.2, 0.25) is 0 Å². The van der Waals surface area contributed by atoms with Gasteiger partial charge < -0.3 is 5.73 Å². The summed E-state index contributed by atoms with van der Waals surface area (Å²) in [7, 11) is 0. The summed E-state index contributed by atoms with van der Waals surface area (Å²) in [5, 5.41) is 0. The molecule has 0 radical (unpaired) electrons. The first-order chi connectivity index (χ1) is 5.11. The summed E-state index contributed by atoms with van der Waals surface area (Å²) in [5.41, 5.74) is 5.50. The SMILES string of the molecule is C=C(N)C(=O)C(C)CC1CC1. The van der Waals surface area contributed by atoms with Gasteiger partial charge in [0.1, 0.15) is 0 Å². The summed E-state index contributed by atoms with van der Waals surface area (Å²) in [6.07, 6.45) is 3.57. The highest BCUT2D eigenvalue weighted by atomic mass is 16.1. The van der Waals surface area contributed by atoms with Gasteiger partial charge in [-0.1, -0.05) is 26.3 Å². The van der Waals surface area contributed by atoms with E-state index in [4.69, 9.17) is 5.73 Å². The van der Waals surface area contributed by atoms with Gasteiger partial charge in [-0.3, -0.25) is 4.79 Å². The lowest BCUT2D eigenvalue weighted by atomic mass is 9.98. The van der Waals surface area contributed by atoms with Crippen LogP contribution in [0.25, 0.3) is 0 Å². The molecule has 0 heterocycles.